The molecule has 1 N–H and O–H groups in total. The first kappa shape index (κ1) is 10.3. The fourth-order valence-electron chi connectivity index (χ4n) is 1.96. The van der Waals surface area contributed by atoms with Gasteiger partial charge in [-0.15, -0.1) is 0 Å². The van der Waals surface area contributed by atoms with Gasteiger partial charge >= 0.3 is 0 Å². The summed E-state index contributed by atoms with van der Waals surface area (Å²) < 4.78 is 1.99. The number of aryl methyl sites for hydroxylation is 1. The van der Waals surface area contributed by atoms with Crippen LogP contribution in [0.15, 0.2) is 24.3 Å². The van der Waals surface area contributed by atoms with Crippen LogP contribution in [0.2, 0.25) is 0 Å². The summed E-state index contributed by atoms with van der Waals surface area (Å²) in [5, 5.41) is 13.8. The van der Waals surface area contributed by atoms with E-state index >= 15 is 0 Å². The van der Waals surface area contributed by atoms with Crippen molar-refractivity contribution in [3.63, 3.8) is 0 Å². The van der Waals surface area contributed by atoms with Gasteiger partial charge in [-0.3, -0.25) is 0 Å². The summed E-state index contributed by atoms with van der Waals surface area (Å²) >= 11 is 0. The average Bonchev–Trinajstić information content (AvgIpc) is 3.10. The van der Waals surface area contributed by atoms with E-state index in [1.54, 1.807) is 12.1 Å². The van der Waals surface area contributed by atoms with E-state index in [-0.39, 0.29) is 5.75 Å². The Balaban J connectivity index is 2.00. The molecule has 0 unspecified atom stereocenters. The Labute approximate surface area is 99.9 Å². The summed E-state index contributed by atoms with van der Waals surface area (Å²) in [6, 6.07) is 7.03. The van der Waals surface area contributed by atoms with Crippen molar-refractivity contribution < 1.29 is 5.11 Å². The van der Waals surface area contributed by atoms with Crippen LogP contribution in [0.25, 0.3) is 11.4 Å². The Kier molecular flexibility index (Phi) is 2.35. The highest BCUT2D eigenvalue weighted by atomic mass is 16.3. The smallest absolute Gasteiger partial charge is 0.181 e. The summed E-state index contributed by atoms with van der Waals surface area (Å²) in [6.07, 6.45) is 2.46. The molecule has 1 aliphatic carbocycles. The summed E-state index contributed by atoms with van der Waals surface area (Å²) in [4.78, 5) is 4.61. The molecule has 0 amide bonds. The van der Waals surface area contributed by atoms with Gasteiger partial charge in [0.2, 0.25) is 0 Å². The third-order valence-electron chi connectivity index (χ3n) is 3.07. The van der Waals surface area contributed by atoms with Gasteiger partial charge in [0.25, 0.3) is 0 Å². The van der Waals surface area contributed by atoms with E-state index in [0.29, 0.717) is 5.92 Å². The van der Waals surface area contributed by atoms with Crippen LogP contribution in [0.3, 0.4) is 0 Å². The quantitative estimate of drug-likeness (QED) is 0.880. The predicted molar refractivity (Wildman–Crippen MR) is 64.8 cm³/mol. The number of rotatable bonds is 3. The van der Waals surface area contributed by atoms with Crippen LogP contribution < -0.4 is 0 Å². The number of nitrogens with zero attached hydrogens (tertiary/aromatic N) is 3. The average molecular weight is 229 g/mol. The minimum Gasteiger partial charge on any atom is -0.508 e. The number of hydrogen-bond acceptors (Lipinski definition) is 3. The maximum absolute atomic E-state index is 9.26. The lowest BCUT2D eigenvalue weighted by atomic mass is 10.2. The summed E-state index contributed by atoms with van der Waals surface area (Å²) in [5.74, 6) is 2.74. The van der Waals surface area contributed by atoms with E-state index in [0.717, 1.165) is 23.8 Å². The summed E-state index contributed by atoms with van der Waals surface area (Å²) in [7, 11) is 0. The maximum Gasteiger partial charge on any atom is 0.181 e. The molecule has 1 heterocycles. The van der Waals surface area contributed by atoms with Gasteiger partial charge in [-0.25, -0.2) is 9.67 Å². The highest BCUT2D eigenvalue weighted by Crippen LogP contribution is 2.39. The van der Waals surface area contributed by atoms with Gasteiger partial charge in [0, 0.05) is 18.0 Å². The van der Waals surface area contributed by atoms with E-state index in [1.165, 1.54) is 12.8 Å². The van der Waals surface area contributed by atoms with Crippen LogP contribution in [0.4, 0.5) is 0 Å². The molecule has 0 saturated heterocycles. The lowest BCUT2D eigenvalue weighted by molar-refractivity contribution is 0.475. The molecule has 0 bridgehead atoms. The van der Waals surface area contributed by atoms with Crippen molar-refractivity contribution >= 4 is 0 Å². The standard InChI is InChI=1S/C13H15N3O/c1-2-16-13(10-3-4-10)14-12(15-16)9-5-7-11(17)8-6-9/h5-8,10,17H,2-4H2,1H3. The number of phenolic OH excluding ortho intramolecular Hbond substituents is 1. The zero-order chi connectivity index (χ0) is 11.8. The Morgan fingerprint density at radius 2 is 2.00 bits per heavy atom. The van der Waals surface area contributed by atoms with Gasteiger partial charge < -0.3 is 5.11 Å². The van der Waals surface area contributed by atoms with Crippen LogP contribution in [-0.4, -0.2) is 19.9 Å². The first-order valence-corrected chi connectivity index (χ1v) is 6.02. The normalized spacial score (nSPS) is 15.1. The third-order valence-corrected chi connectivity index (χ3v) is 3.07. The monoisotopic (exact) mass is 229 g/mol. The van der Waals surface area contributed by atoms with E-state index < -0.39 is 0 Å². The fourth-order valence-corrected chi connectivity index (χ4v) is 1.96. The van der Waals surface area contributed by atoms with Gasteiger partial charge in [-0.1, -0.05) is 0 Å². The SMILES string of the molecule is CCn1nc(-c2ccc(O)cc2)nc1C1CC1. The highest BCUT2D eigenvalue weighted by molar-refractivity contribution is 5.55. The van der Waals surface area contributed by atoms with Crippen molar-refractivity contribution in [1.82, 2.24) is 14.8 Å². The molecule has 3 rings (SSSR count). The topological polar surface area (TPSA) is 50.9 Å². The Bertz CT molecular complexity index is 526. The van der Waals surface area contributed by atoms with Crippen molar-refractivity contribution in [2.45, 2.75) is 32.2 Å². The molecule has 1 aromatic carbocycles. The molecule has 1 aliphatic rings. The molecule has 2 aromatic rings. The molecular formula is C13H15N3O. The van der Waals surface area contributed by atoms with Crippen molar-refractivity contribution in [2.75, 3.05) is 0 Å². The van der Waals surface area contributed by atoms with E-state index in [4.69, 9.17) is 0 Å². The molecule has 1 fully saturated rings. The lowest BCUT2D eigenvalue weighted by Gasteiger charge is -1.98. The molecule has 4 nitrogen and oxygen atoms in total. The van der Waals surface area contributed by atoms with E-state index in [2.05, 4.69) is 17.0 Å². The second-order valence-electron chi connectivity index (χ2n) is 4.43. The van der Waals surface area contributed by atoms with Crippen molar-refractivity contribution in [2.24, 2.45) is 0 Å². The molecule has 17 heavy (non-hydrogen) atoms. The molecule has 0 atom stereocenters. The Morgan fingerprint density at radius 1 is 1.29 bits per heavy atom. The fraction of sp³-hybridized carbons (Fsp3) is 0.385. The number of phenols is 1. The highest BCUT2D eigenvalue weighted by Gasteiger charge is 2.29. The van der Waals surface area contributed by atoms with Gasteiger partial charge in [0.05, 0.1) is 0 Å². The molecule has 1 saturated carbocycles. The van der Waals surface area contributed by atoms with Crippen molar-refractivity contribution in [1.29, 1.82) is 0 Å². The zero-order valence-corrected chi connectivity index (χ0v) is 9.80. The van der Waals surface area contributed by atoms with Gasteiger partial charge in [0.15, 0.2) is 5.82 Å². The first-order valence-electron chi connectivity index (χ1n) is 6.02. The van der Waals surface area contributed by atoms with Crippen LogP contribution >= 0.6 is 0 Å². The second kappa shape index (κ2) is 3.87. The minimum absolute atomic E-state index is 0.270. The van der Waals surface area contributed by atoms with Gasteiger partial charge in [-0.05, 0) is 44.0 Å². The van der Waals surface area contributed by atoms with E-state index in [9.17, 15) is 5.11 Å². The minimum atomic E-state index is 0.270. The number of aromatic hydroxyl groups is 1. The first-order chi connectivity index (χ1) is 8.28. The molecule has 0 spiro atoms. The lowest BCUT2D eigenvalue weighted by Crippen LogP contribution is -2.01. The Hall–Kier alpha value is -1.84. The van der Waals surface area contributed by atoms with E-state index in [1.807, 2.05) is 16.8 Å². The largest absolute Gasteiger partial charge is 0.508 e. The molecule has 0 radical (unpaired) electrons. The second-order valence-corrected chi connectivity index (χ2v) is 4.43. The van der Waals surface area contributed by atoms with Crippen LogP contribution in [-0.2, 0) is 6.54 Å². The van der Waals surface area contributed by atoms with Crippen LogP contribution in [0.5, 0.6) is 5.75 Å². The van der Waals surface area contributed by atoms with Gasteiger partial charge in [-0.2, -0.15) is 5.10 Å². The van der Waals surface area contributed by atoms with Crippen LogP contribution in [0.1, 0.15) is 31.5 Å². The van der Waals surface area contributed by atoms with Crippen LogP contribution in [0, 0.1) is 0 Å². The number of benzene rings is 1. The summed E-state index contributed by atoms with van der Waals surface area (Å²) in [5.41, 5.74) is 0.955. The number of aromatic nitrogens is 3. The molecule has 88 valence electrons. The third kappa shape index (κ3) is 1.90. The maximum atomic E-state index is 9.26. The molecule has 0 aliphatic heterocycles. The van der Waals surface area contributed by atoms with Crippen molar-refractivity contribution in [3.05, 3.63) is 30.1 Å². The van der Waals surface area contributed by atoms with Crippen molar-refractivity contribution in [3.8, 4) is 17.1 Å². The Morgan fingerprint density at radius 3 is 2.59 bits per heavy atom. The summed E-state index contributed by atoms with van der Waals surface area (Å²) in [6.45, 7) is 2.94. The molecule has 4 heteroatoms. The zero-order valence-electron chi connectivity index (χ0n) is 9.80. The number of hydrogen-bond donors (Lipinski definition) is 1. The van der Waals surface area contributed by atoms with Gasteiger partial charge in [0.1, 0.15) is 11.6 Å². The molecule has 1 aromatic heterocycles. The predicted octanol–water partition coefficient (Wildman–Crippen LogP) is 2.55. The molecular weight excluding hydrogens is 214 g/mol.